The highest BCUT2D eigenvalue weighted by molar-refractivity contribution is 5.95. The average Bonchev–Trinajstić information content (AvgIpc) is 2.88. The van der Waals surface area contributed by atoms with Crippen LogP contribution in [0, 0.1) is 0 Å². The van der Waals surface area contributed by atoms with Crippen LogP contribution >= 0.6 is 0 Å². The number of carbonyl (C=O) groups is 3. The Bertz CT molecular complexity index is 444. The van der Waals surface area contributed by atoms with Gasteiger partial charge in [0.25, 0.3) is 0 Å². The molecule has 1 rings (SSSR count). The van der Waals surface area contributed by atoms with Crippen LogP contribution in [0.2, 0.25) is 0 Å². The lowest BCUT2D eigenvalue weighted by Crippen LogP contribution is -2.43. The van der Waals surface area contributed by atoms with Gasteiger partial charge in [0.15, 0.2) is 0 Å². The molecule has 8 heteroatoms. The van der Waals surface area contributed by atoms with Gasteiger partial charge in [0, 0.05) is 6.42 Å². The molecule has 0 radical (unpaired) electrons. The third kappa shape index (κ3) is 7.17. The number of rotatable bonds is 8. The van der Waals surface area contributed by atoms with Crippen LogP contribution in [-0.2, 0) is 16.1 Å². The summed E-state index contributed by atoms with van der Waals surface area (Å²) < 4.78 is 5.01. The Morgan fingerprint density at radius 1 is 1.30 bits per heavy atom. The number of aliphatic carboxylic acids is 1. The van der Waals surface area contributed by atoms with Crippen molar-refractivity contribution in [3.63, 3.8) is 0 Å². The van der Waals surface area contributed by atoms with Gasteiger partial charge in [-0.1, -0.05) is 0 Å². The number of amides is 3. The molecule has 0 aliphatic heterocycles. The molecule has 0 bridgehead atoms. The molecule has 0 saturated heterocycles. The summed E-state index contributed by atoms with van der Waals surface area (Å²) in [5.41, 5.74) is 0. The first kappa shape index (κ1) is 15.7. The van der Waals surface area contributed by atoms with Crippen molar-refractivity contribution in [3.8, 4) is 0 Å². The lowest BCUT2D eigenvalue weighted by atomic mass is 10.3. The fourth-order valence-corrected chi connectivity index (χ4v) is 1.36. The first-order valence-electron chi connectivity index (χ1n) is 6.10. The van der Waals surface area contributed by atoms with E-state index in [-0.39, 0.29) is 19.5 Å². The van der Waals surface area contributed by atoms with Crippen LogP contribution in [0.1, 0.15) is 18.6 Å². The summed E-state index contributed by atoms with van der Waals surface area (Å²) in [6, 6.07) is 2.78. The molecule has 0 aromatic carbocycles. The fraction of sp³-hybridized carbons (Fsp3) is 0.417. The molecule has 0 aliphatic rings. The second-order valence-electron chi connectivity index (χ2n) is 3.98. The number of furan rings is 1. The van der Waals surface area contributed by atoms with E-state index >= 15 is 0 Å². The van der Waals surface area contributed by atoms with Gasteiger partial charge in [0.1, 0.15) is 5.76 Å². The molecule has 0 fully saturated rings. The van der Waals surface area contributed by atoms with Gasteiger partial charge in [-0.15, -0.1) is 0 Å². The summed E-state index contributed by atoms with van der Waals surface area (Å²) in [6.07, 6.45) is 1.95. The molecule has 0 saturated carbocycles. The van der Waals surface area contributed by atoms with Crippen LogP contribution < -0.4 is 16.0 Å². The van der Waals surface area contributed by atoms with Crippen LogP contribution in [0.25, 0.3) is 0 Å². The number of hydrogen-bond donors (Lipinski definition) is 4. The molecule has 0 atom stereocenters. The van der Waals surface area contributed by atoms with Gasteiger partial charge in [0.05, 0.1) is 19.4 Å². The van der Waals surface area contributed by atoms with Gasteiger partial charge in [-0.2, -0.15) is 0 Å². The van der Waals surface area contributed by atoms with Crippen molar-refractivity contribution in [1.29, 1.82) is 0 Å². The fourth-order valence-electron chi connectivity index (χ4n) is 1.36. The zero-order valence-corrected chi connectivity index (χ0v) is 10.8. The van der Waals surface area contributed by atoms with E-state index < -0.39 is 17.9 Å². The molecule has 0 aliphatic carbocycles. The molecule has 20 heavy (non-hydrogen) atoms. The Hall–Kier alpha value is -2.35. The molecule has 0 spiro atoms. The SMILES string of the molecule is O=C(O)CCCNCC(=O)NC(=O)NCc1ccco1. The predicted molar refractivity (Wildman–Crippen MR) is 68.8 cm³/mol. The molecular weight excluding hydrogens is 266 g/mol. The van der Waals surface area contributed by atoms with Crippen LogP contribution in [0.5, 0.6) is 0 Å². The van der Waals surface area contributed by atoms with Crippen LogP contribution in [0.4, 0.5) is 4.79 Å². The van der Waals surface area contributed by atoms with Crippen molar-refractivity contribution in [2.45, 2.75) is 19.4 Å². The lowest BCUT2D eigenvalue weighted by Gasteiger charge is -2.06. The van der Waals surface area contributed by atoms with E-state index in [4.69, 9.17) is 9.52 Å². The quantitative estimate of drug-likeness (QED) is 0.501. The monoisotopic (exact) mass is 283 g/mol. The number of carboxylic acids is 1. The summed E-state index contributed by atoms with van der Waals surface area (Å²) in [4.78, 5) is 32.9. The van der Waals surface area contributed by atoms with Gasteiger partial charge in [0.2, 0.25) is 5.91 Å². The van der Waals surface area contributed by atoms with E-state index in [2.05, 4.69) is 16.0 Å². The van der Waals surface area contributed by atoms with Crippen molar-refractivity contribution in [2.24, 2.45) is 0 Å². The molecule has 1 heterocycles. The van der Waals surface area contributed by atoms with E-state index in [9.17, 15) is 14.4 Å². The number of carboxylic acid groups (broad SMARTS) is 1. The van der Waals surface area contributed by atoms with Crippen molar-refractivity contribution < 1.29 is 23.9 Å². The van der Waals surface area contributed by atoms with Crippen LogP contribution in [-0.4, -0.2) is 36.1 Å². The molecule has 3 amide bonds. The van der Waals surface area contributed by atoms with Gasteiger partial charge >= 0.3 is 12.0 Å². The smallest absolute Gasteiger partial charge is 0.321 e. The van der Waals surface area contributed by atoms with E-state index in [1.54, 1.807) is 12.1 Å². The predicted octanol–water partition coefficient (Wildman–Crippen LogP) is 0.0598. The maximum absolute atomic E-state index is 11.3. The number of carbonyl (C=O) groups excluding carboxylic acids is 2. The van der Waals surface area contributed by atoms with Crippen molar-refractivity contribution in [1.82, 2.24) is 16.0 Å². The highest BCUT2D eigenvalue weighted by atomic mass is 16.4. The van der Waals surface area contributed by atoms with E-state index in [1.807, 2.05) is 0 Å². The minimum Gasteiger partial charge on any atom is -0.481 e. The summed E-state index contributed by atoms with van der Waals surface area (Å²) in [6.45, 7) is 0.541. The first-order chi connectivity index (χ1) is 9.58. The van der Waals surface area contributed by atoms with Crippen LogP contribution in [0.15, 0.2) is 22.8 Å². The Morgan fingerprint density at radius 3 is 2.75 bits per heavy atom. The van der Waals surface area contributed by atoms with Crippen molar-refractivity contribution in [2.75, 3.05) is 13.1 Å². The topological polar surface area (TPSA) is 121 Å². The Kier molecular flexibility index (Phi) is 6.83. The number of imide groups is 1. The number of hydrogen-bond acceptors (Lipinski definition) is 5. The van der Waals surface area contributed by atoms with Crippen molar-refractivity contribution >= 4 is 17.9 Å². The summed E-state index contributed by atoms with van der Waals surface area (Å²) in [5.74, 6) is -0.787. The van der Waals surface area contributed by atoms with Gasteiger partial charge in [-0.3, -0.25) is 14.9 Å². The Labute approximate surface area is 115 Å². The van der Waals surface area contributed by atoms with Gasteiger partial charge in [-0.25, -0.2) is 4.79 Å². The molecule has 4 N–H and O–H groups in total. The molecule has 8 nitrogen and oxygen atoms in total. The molecule has 1 aromatic heterocycles. The highest BCUT2D eigenvalue weighted by Gasteiger charge is 2.07. The molecular formula is C12H17N3O5. The Balaban J connectivity index is 2.06. The number of nitrogens with one attached hydrogen (secondary N) is 3. The van der Waals surface area contributed by atoms with Gasteiger partial charge < -0.3 is 20.2 Å². The maximum Gasteiger partial charge on any atom is 0.321 e. The van der Waals surface area contributed by atoms with Gasteiger partial charge in [-0.05, 0) is 25.1 Å². The third-order valence-corrected chi connectivity index (χ3v) is 2.29. The van der Waals surface area contributed by atoms with Crippen LogP contribution in [0.3, 0.4) is 0 Å². The third-order valence-electron chi connectivity index (χ3n) is 2.29. The maximum atomic E-state index is 11.3. The standard InChI is InChI=1S/C12H17N3O5/c16-10(8-13-5-1-4-11(17)18)15-12(19)14-7-9-3-2-6-20-9/h2-3,6,13H,1,4-5,7-8H2,(H,17,18)(H2,14,15,16,19). The first-order valence-corrected chi connectivity index (χ1v) is 6.10. The zero-order chi connectivity index (χ0) is 14.8. The minimum atomic E-state index is -0.881. The average molecular weight is 283 g/mol. The zero-order valence-electron chi connectivity index (χ0n) is 10.8. The second kappa shape index (κ2) is 8.70. The summed E-state index contributed by atoms with van der Waals surface area (Å²) in [5, 5.41) is 15.7. The van der Waals surface area contributed by atoms with E-state index in [0.29, 0.717) is 18.7 Å². The summed E-state index contributed by atoms with van der Waals surface area (Å²) >= 11 is 0. The Morgan fingerprint density at radius 2 is 2.10 bits per heavy atom. The highest BCUT2D eigenvalue weighted by Crippen LogP contribution is 1.97. The number of urea groups is 1. The minimum absolute atomic E-state index is 0.0399. The van der Waals surface area contributed by atoms with E-state index in [0.717, 1.165) is 0 Å². The summed E-state index contributed by atoms with van der Waals surface area (Å²) in [7, 11) is 0. The largest absolute Gasteiger partial charge is 0.481 e. The molecule has 110 valence electrons. The molecule has 0 unspecified atom stereocenters. The second-order valence-corrected chi connectivity index (χ2v) is 3.98. The van der Waals surface area contributed by atoms with Crippen molar-refractivity contribution in [3.05, 3.63) is 24.2 Å². The lowest BCUT2D eigenvalue weighted by molar-refractivity contribution is -0.137. The van der Waals surface area contributed by atoms with E-state index in [1.165, 1.54) is 6.26 Å². The molecule has 1 aromatic rings. The normalized spacial score (nSPS) is 10.0.